The van der Waals surface area contributed by atoms with Crippen molar-refractivity contribution < 1.29 is 9.53 Å². The molecular weight excluding hydrogens is 352 g/mol. The molecule has 2 fully saturated rings. The molecule has 0 saturated carbocycles. The van der Waals surface area contributed by atoms with Crippen molar-refractivity contribution in [3.63, 3.8) is 0 Å². The molecule has 4 rings (SSSR count). The number of carbonyl (C=O) groups is 1. The summed E-state index contributed by atoms with van der Waals surface area (Å²) >= 11 is 0. The number of aryl methyl sites for hydroxylation is 1. The molecule has 2 aliphatic heterocycles. The van der Waals surface area contributed by atoms with Crippen LogP contribution in [0.15, 0.2) is 24.3 Å². The SMILES string of the molecule is COC[C@@H]1CCCN(C(=O)C2CCN(c3nc(C)c4ccccc4n3)CC2)C1. The van der Waals surface area contributed by atoms with E-state index in [-0.39, 0.29) is 5.92 Å². The number of anilines is 1. The quantitative estimate of drug-likeness (QED) is 0.813. The van der Waals surface area contributed by atoms with Gasteiger partial charge in [-0.1, -0.05) is 18.2 Å². The molecule has 1 atom stereocenters. The van der Waals surface area contributed by atoms with E-state index in [4.69, 9.17) is 14.7 Å². The van der Waals surface area contributed by atoms with Crippen molar-refractivity contribution >= 4 is 22.8 Å². The Labute approximate surface area is 166 Å². The molecule has 0 radical (unpaired) electrons. The van der Waals surface area contributed by atoms with Gasteiger partial charge in [0.1, 0.15) is 0 Å². The molecule has 0 spiro atoms. The molecule has 150 valence electrons. The minimum absolute atomic E-state index is 0.124. The first-order valence-corrected chi connectivity index (χ1v) is 10.4. The lowest BCUT2D eigenvalue weighted by atomic mass is 9.92. The summed E-state index contributed by atoms with van der Waals surface area (Å²) in [5, 5.41) is 1.10. The van der Waals surface area contributed by atoms with E-state index in [1.54, 1.807) is 7.11 Å². The van der Waals surface area contributed by atoms with Gasteiger partial charge in [-0.2, -0.15) is 0 Å². The molecule has 6 heteroatoms. The molecule has 1 aromatic carbocycles. The predicted octanol–water partition coefficient (Wildman–Crippen LogP) is 3.04. The second-order valence-corrected chi connectivity index (χ2v) is 8.14. The van der Waals surface area contributed by atoms with Crippen LogP contribution in [0.4, 0.5) is 5.95 Å². The number of rotatable bonds is 4. The van der Waals surface area contributed by atoms with Gasteiger partial charge in [-0.05, 0) is 44.6 Å². The molecule has 0 N–H and O–H groups in total. The second-order valence-electron chi connectivity index (χ2n) is 8.14. The lowest BCUT2D eigenvalue weighted by molar-refractivity contribution is -0.138. The minimum atomic E-state index is 0.124. The van der Waals surface area contributed by atoms with E-state index in [1.165, 1.54) is 0 Å². The molecule has 0 unspecified atom stereocenters. The molecule has 0 aliphatic carbocycles. The molecule has 2 saturated heterocycles. The molecule has 1 amide bonds. The third-order valence-electron chi connectivity index (χ3n) is 6.14. The largest absolute Gasteiger partial charge is 0.384 e. The standard InChI is InChI=1S/C22H30N4O2/c1-16-19-7-3-4-8-20(19)24-22(23-16)25-12-9-18(10-13-25)21(27)26-11-5-6-17(14-26)15-28-2/h3-4,7-8,17-18H,5-6,9-15H2,1-2H3/t17-/m1/s1. The summed E-state index contributed by atoms with van der Waals surface area (Å²) in [4.78, 5) is 26.8. The number of para-hydroxylation sites is 1. The number of likely N-dealkylation sites (tertiary alicyclic amines) is 1. The fourth-order valence-electron chi connectivity index (χ4n) is 4.58. The van der Waals surface area contributed by atoms with Crippen molar-refractivity contribution in [3.05, 3.63) is 30.0 Å². The molecule has 2 aliphatic rings. The summed E-state index contributed by atoms with van der Waals surface area (Å²) in [6.07, 6.45) is 4.00. The first-order chi connectivity index (χ1) is 13.7. The highest BCUT2D eigenvalue weighted by molar-refractivity contribution is 5.82. The smallest absolute Gasteiger partial charge is 0.226 e. The van der Waals surface area contributed by atoms with Crippen molar-refractivity contribution in [2.45, 2.75) is 32.6 Å². The summed E-state index contributed by atoms with van der Waals surface area (Å²) in [5.74, 6) is 1.73. The average molecular weight is 383 g/mol. The van der Waals surface area contributed by atoms with E-state index in [2.05, 4.69) is 15.9 Å². The van der Waals surface area contributed by atoms with Crippen molar-refractivity contribution in [1.29, 1.82) is 0 Å². The van der Waals surface area contributed by atoms with E-state index >= 15 is 0 Å². The topological polar surface area (TPSA) is 58.6 Å². The lowest BCUT2D eigenvalue weighted by Gasteiger charge is -2.37. The Balaban J connectivity index is 1.39. The van der Waals surface area contributed by atoms with E-state index in [1.807, 2.05) is 25.1 Å². The summed E-state index contributed by atoms with van der Waals surface area (Å²) in [7, 11) is 1.74. The van der Waals surface area contributed by atoms with Crippen LogP contribution in [0, 0.1) is 18.8 Å². The first kappa shape index (κ1) is 19.1. The third-order valence-corrected chi connectivity index (χ3v) is 6.14. The molecule has 6 nitrogen and oxygen atoms in total. The van der Waals surface area contributed by atoms with Crippen molar-refractivity contribution in [3.8, 4) is 0 Å². The zero-order valence-electron chi connectivity index (χ0n) is 16.9. The van der Waals surface area contributed by atoms with Gasteiger partial charge in [-0.15, -0.1) is 0 Å². The number of benzene rings is 1. The highest BCUT2D eigenvalue weighted by atomic mass is 16.5. The molecule has 28 heavy (non-hydrogen) atoms. The van der Waals surface area contributed by atoms with Gasteiger partial charge in [0.25, 0.3) is 0 Å². The van der Waals surface area contributed by atoms with E-state index in [0.29, 0.717) is 11.8 Å². The molecule has 1 aromatic heterocycles. The normalized spacial score (nSPS) is 21.3. The van der Waals surface area contributed by atoms with Crippen molar-refractivity contribution in [1.82, 2.24) is 14.9 Å². The van der Waals surface area contributed by atoms with Crippen molar-refractivity contribution in [2.24, 2.45) is 11.8 Å². The maximum atomic E-state index is 13.0. The van der Waals surface area contributed by atoms with Crippen LogP contribution in [0.5, 0.6) is 0 Å². The number of amides is 1. The van der Waals surface area contributed by atoms with Gasteiger partial charge >= 0.3 is 0 Å². The van der Waals surface area contributed by atoms with Crippen LogP contribution < -0.4 is 4.90 Å². The highest BCUT2D eigenvalue weighted by Gasteiger charge is 2.32. The highest BCUT2D eigenvalue weighted by Crippen LogP contribution is 2.27. The van der Waals surface area contributed by atoms with Gasteiger partial charge in [0.15, 0.2) is 0 Å². The molecular formula is C22H30N4O2. The lowest BCUT2D eigenvalue weighted by Crippen LogP contribution is -2.47. The number of ether oxygens (including phenoxy) is 1. The number of methoxy groups -OCH3 is 1. The maximum Gasteiger partial charge on any atom is 0.226 e. The number of aromatic nitrogens is 2. The molecule has 0 bridgehead atoms. The van der Waals surface area contributed by atoms with Crippen LogP contribution in [0.25, 0.3) is 10.9 Å². The Morgan fingerprint density at radius 3 is 2.71 bits per heavy atom. The predicted molar refractivity (Wildman–Crippen MR) is 110 cm³/mol. The fraction of sp³-hybridized carbons (Fsp3) is 0.591. The van der Waals surface area contributed by atoms with E-state index in [0.717, 1.165) is 81.0 Å². The summed E-state index contributed by atoms with van der Waals surface area (Å²) < 4.78 is 5.30. The summed E-state index contributed by atoms with van der Waals surface area (Å²) in [6.45, 7) is 6.20. The summed E-state index contributed by atoms with van der Waals surface area (Å²) in [6, 6.07) is 8.14. The van der Waals surface area contributed by atoms with Gasteiger partial charge < -0.3 is 14.5 Å². The van der Waals surface area contributed by atoms with Gasteiger partial charge in [-0.25, -0.2) is 9.97 Å². The minimum Gasteiger partial charge on any atom is -0.384 e. The average Bonchev–Trinajstić information content (AvgIpc) is 2.74. The zero-order chi connectivity index (χ0) is 19.5. The van der Waals surface area contributed by atoms with Crippen LogP contribution >= 0.6 is 0 Å². The van der Waals surface area contributed by atoms with Crippen LogP contribution in [0.3, 0.4) is 0 Å². The van der Waals surface area contributed by atoms with Crippen LogP contribution in [-0.4, -0.2) is 60.7 Å². The van der Waals surface area contributed by atoms with Gasteiger partial charge in [0, 0.05) is 44.6 Å². The molecule has 3 heterocycles. The maximum absolute atomic E-state index is 13.0. The van der Waals surface area contributed by atoms with E-state index < -0.39 is 0 Å². The Kier molecular flexibility index (Phi) is 5.76. The number of hydrogen-bond acceptors (Lipinski definition) is 5. The number of piperidine rings is 2. The summed E-state index contributed by atoms with van der Waals surface area (Å²) in [5.41, 5.74) is 2.00. The zero-order valence-corrected chi connectivity index (χ0v) is 16.9. The van der Waals surface area contributed by atoms with Gasteiger partial charge in [0.05, 0.1) is 17.8 Å². The number of carbonyl (C=O) groups excluding carboxylic acids is 1. The van der Waals surface area contributed by atoms with Crippen LogP contribution in [0.2, 0.25) is 0 Å². The van der Waals surface area contributed by atoms with Crippen LogP contribution in [0.1, 0.15) is 31.4 Å². The third kappa shape index (κ3) is 3.97. The fourth-order valence-corrected chi connectivity index (χ4v) is 4.58. The van der Waals surface area contributed by atoms with Gasteiger partial charge in [0.2, 0.25) is 11.9 Å². The monoisotopic (exact) mass is 382 g/mol. The van der Waals surface area contributed by atoms with Crippen LogP contribution in [-0.2, 0) is 9.53 Å². The van der Waals surface area contributed by atoms with Gasteiger partial charge in [-0.3, -0.25) is 4.79 Å². The Hall–Kier alpha value is -2.21. The molecule has 2 aromatic rings. The Morgan fingerprint density at radius 2 is 1.93 bits per heavy atom. The first-order valence-electron chi connectivity index (χ1n) is 10.4. The second kappa shape index (κ2) is 8.43. The Bertz CT molecular complexity index is 830. The number of hydrogen-bond donors (Lipinski definition) is 0. The number of fused-ring (bicyclic) bond motifs is 1. The van der Waals surface area contributed by atoms with E-state index in [9.17, 15) is 4.79 Å². The van der Waals surface area contributed by atoms with Crippen molar-refractivity contribution in [2.75, 3.05) is 44.8 Å². The Morgan fingerprint density at radius 1 is 1.14 bits per heavy atom. The number of nitrogens with zero attached hydrogens (tertiary/aromatic N) is 4.